The van der Waals surface area contributed by atoms with E-state index in [0.717, 1.165) is 41.6 Å². The topological polar surface area (TPSA) is 136 Å². The minimum Gasteiger partial charge on any atom is -0.274 e. The molecule has 10 nitrogen and oxygen atoms in total. The number of aromatic nitrogens is 6. The number of nitrogens with zero attached hydrogens (tertiary/aromatic N) is 4. The van der Waals surface area contributed by atoms with Gasteiger partial charge in [0.1, 0.15) is 10.0 Å². The van der Waals surface area contributed by atoms with Gasteiger partial charge >= 0.3 is 11.4 Å². The number of aromatic amines is 2. The average Bonchev–Trinajstić information content (AvgIpc) is 3.55. The molecule has 0 fully saturated rings. The molecule has 0 saturated heterocycles. The zero-order chi connectivity index (χ0) is 27.4. The highest BCUT2D eigenvalue weighted by Crippen LogP contribution is 2.37. The van der Waals surface area contributed by atoms with Crippen molar-refractivity contribution in [3.05, 3.63) is 127 Å². The number of thiazole rings is 2. The van der Waals surface area contributed by atoms with E-state index in [2.05, 4.69) is 9.97 Å². The van der Waals surface area contributed by atoms with E-state index in [0.29, 0.717) is 11.4 Å². The maximum Gasteiger partial charge on any atom is 0.332 e. The summed E-state index contributed by atoms with van der Waals surface area (Å²) >= 11 is 3.12. The molecule has 0 aliphatic rings. The van der Waals surface area contributed by atoms with Gasteiger partial charge in [0.05, 0.1) is 31.8 Å². The van der Waals surface area contributed by atoms with Crippen LogP contribution in [0.1, 0.15) is 0 Å². The van der Waals surface area contributed by atoms with Crippen LogP contribution >= 0.6 is 22.7 Å². The van der Waals surface area contributed by atoms with Crippen molar-refractivity contribution >= 4 is 43.1 Å². The Balaban J connectivity index is 1.18. The molecule has 0 bridgehead atoms. The van der Waals surface area contributed by atoms with Gasteiger partial charge in [0.2, 0.25) is 0 Å². The standard InChI is InChI=1S/C28H16N6O4S2/c35-23-9-11-33(27(37)31-23)17-5-1-15(2-6-17)25-29-19-13-22-20(14-21(19)39-25)30-26(40-22)16-3-7-18(8-4-16)34-12-10-24(36)32-28(34)38/h1-14H,(H,31,35,37)(H,32,36,38). The van der Waals surface area contributed by atoms with Crippen molar-refractivity contribution in [2.75, 3.05) is 0 Å². The van der Waals surface area contributed by atoms with Crippen LogP contribution in [0.4, 0.5) is 0 Å². The second-order valence-corrected chi connectivity index (χ2v) is 10.9. The smallest absolute Gasteiger partial charge is 0.274 e. The number of hydrogen-bond donors (Lipinski definition) is 2. The van der Waals surface area contributed by atoms with Gasteiger partial charge in [-0.1, -0.05) is 0 Å². The molecule has 2 N–H and O–H groups in total. The number of H-pyrrole nitrogens is 2. The lowest BCUT2D eigenvalue weighted by Crippen LogP contribution is -2.27. The monoisotopic (exact) mass is 564 g/mol. The third kappa shape index (κ3) is 4.21. The van der Waals surface area contributed by atoms with E-state index in [1.165, 1.54) is 33.7 Å². The maximum atomic E-state index is 12.1. The minimum absolute atomic E-state index is 0.438. The van der Waals surface area contributed by atoms with Gasteiger partial charge in [-0.25, -0.2) is 19.6 Å². The van der Waals surface area contributed by atoms with Crippen LogP contribution < -0.4 is 22.5 Å². The molecule has 0 unspecified atom stereocenters. The highest BCUT2D eigenvalue weighted by molar-refractivity contribution is 7.23. The number of benzene rings is 3. The molecule has 194 valence electrons. The number of hydrogen-bond acceptors (Lipinski definition) is 8. The molecule has 3 aromatic carbocycles. The first-order valence-electron chi connectivity index (χ1n) is 12.0. The summed E-state index contributed by atoms with van der Waals surface area (Å²) in [6.45, 7) is 0. The van der Waals surface area contributed by atoms with Gasteiger partial charge in [0, 0.05) is 35.7 Å². The van der Waals surface area contributed by atoms with Crippen molar-refractivity contribution in [3.63, 3.8) is 0 Å². The van der Waals surface area contributed by atoms with Crippen molar-refractivity contribution in [3.8, 4) is 32.5 Å². The fraction of sp³-hybridized carbons (Fsp3) is 0. The summed E-state index contributed by atoms with van der Waals surface area (Å²) in [5.74, 6) is 0. The molecule has 0 aliphatic carbocycles. The van der Waals surface area contributed by atoms with Crippen molar-refractivity contribution < 1.29 is 0 Å². The Morgan fingerprint density at radius 1 is 0.550 bits per heavy atom. The Hall–Kier alpha value is -5.20. The lowest BCUT2D eigenvalue weighted by molar-refractivity contribution is 0.896. The normalized spacial score (nSPS) is 11.4. The van der Waals surface area contributed by atoms with Crippen molar-refractivity contribution in [1.82, 2.24) is 29.1 Å². The van der Waals surface area contributed by atoms with E-state index in [1.54, 1.807) is 22.7 Å². The van der Waals surface area contributed by atoms with Gasteiger partial charge in [0.25, 0.3) is 11.1 Å². The molecule has 0 atom stereocenters. The molecule has 0 saturated carbocycles. The van der Waals surface area contributed by atoms with E-state index in [4.69, 9.17) is 9.97 Å². The zero-order valence-corrected chi connectivity index (χ0v) is 22.0. The average molecular weight is 565 g/mol. The van der Waals surface area contributed by atoms with Gasteiger partial charge in [-0.3, -0.25) is 28.7 Å². The number of nitrogens with one attached hydrogen (secondary N) is 2. The van der Waals surface area contributed by atoms with Gasteiger partial charge in [0.15, 0.2) is 0 Å². The van der Waals surface area contributed by atoms with Gasteiger partial charge in [-0.2, -0.15) is 0 Å². The number of rotatable bonds is 4. The van der Waals surface area contributed by atoms with E-state index < -0.39 is 22.5 Å². The fourth-order valence-corrected chi connectivity index (χ4v) is 6.34. The Morgan fingerprint density at radius 3 is 1.32 bits per heavy atom. The van der Waals surface area contributed by atoms with E-state index in [-0.39, 0.29) is 0 Å². The van der Waals surface area contributed by atoms with Crippen LogP contribution in [0.5, 0.6) is 0 Å². The highest BCUT2D eigenvalue weighted by Gasteiger charge is 2.13. The quantitative estimate of drug-likeness (QED) is 0.333. The summed E-state index contributed by atoms with van der Waals surface area (Å²) in [5.41, 5.74) is 3.00. The first-order valence-corrected chi connectivity index (χ1v) is 13.6. The zero-order valence-electron chi connectivity index (χ0n) is 20.3. The fourth-order valence-electron chi connectivity index (χ4n) is 4.37. The van der Waals surface area contributed by atoms with Crippen LogP contribution in [-0.4, -0.2) is 29.1 Å². The Bertz CT molecular complexity index is 2090. The predicted molar refractivity (Wildman–Crippen MR) is 156 cm³/mol. The number of fused-ring (bicyclic) bond motifs is 2. The van der Waals surface area contributed by atoms with Crippen LogP contribution in [0.15, 0.2) is 104 Å². The summed E-state index contributed by atoms with van der Waals surface area (Å²) in [6.07, 6.45) is 2.90. The molecule has 7 aromatic rings. The van der Waals surface area contributed by atoms with Crippen LogP contribution in [0.25, 0.3) is 53.0 Å². The molecule has 0 spiro atoms. The molecule has 0 radical (unpaired) electrons. The van der Waals surface area contributed by atoms with E-state index in [9.17, 15) is 19.2 Å². The Morgan fingerprint density at radius 2 is 0.950 bits per heavy atom. The summed E-state index contributed by atoms with van der Waals surface area (Å²) < 4.78 is 4.76. The molecular weight excluding hydrogens is 548 g/mol. The Kier molecular flexibility index (Phi) is 5.51. The summed E-state index contributed by atoms with van der Waals surface area (Å²) in [6, 6.07) is 21.5. The summed E-state index contributed by atoms with van der Waals surface area (Å²) in [5, 5.41) is 1.70. The molecular formula is C28H16N6O4S2. The van der Waals surface area contributed by atoms with Crippen LogP contribution in [-0.2, 0) is 0 Å². The minimum atomic E-state index is -0.493. The van der Waals surface area contributed by atoms with Crippen molar-refractivity contribution in [2.45, 2.75) is 0 Å². The maximum absolute atomic E-state index is 12.1. The third-order valence-electron chi connectivity index (χ3n) is 6.33. The summed E-state index contributed by atoms with van der Waals surface area (Å²) in [7, 11) is 0. The van der Waals surface area contributed by atoms with Gasteiger partial charge in [-0.15, -0.1) is 22.7 Å². The SMILES string of the molecule is O=c1ccn(-c2ccc(-c3nc4cc5sc(-c6ccc(-n7ccc(=O)[nH]c7=O)cc6)nc5cc4s3)cc2)c(=O)[nH]1. The Labute approximate surface area is 231 Å². The van der Waals surface area contributed by atoms with E-state index in [1.807, 2.05) is 60.7 Å². The molecule has 40 heavy (non-hydrogen) atoms. The lowest BCUT2D eigenvalue weighted by atomic mass is 10.2. The first-order chi connectivity index (χ1) is 19.4. The van der Waals surface area contributed by atoms with Gasteiger partial charge < -0.3 is 0 Å². The largest absolute Gasteiger partial charge is 0.332 e. The summed E-state index contributed by atoms with van der Waals surface area (Å²) in [4.78, 5) is 61.0. The molecule has 12 heteroatoms. The molecule has 0 amide bonds. The van der Waals surface area contributed by atoms with Gasteiger partial charge in [-0.05, 0) is 60.7 Å². The second kappa shape index (κ2) is 9.22. The van der Waals surface area contributed by atoms with Crippen LogP contribution in [0.2, 0.25) is 0 Å². The molecule has 4 aromatic heterocycles. The molecule has 4 heterocycles. The van der Waals surface area contributed by atoms with Crippen LogP contribution in [0.3, 0.4) is 0 Å². The van der Waals surface area contributed by atoms with Crippen molar-refractivity contribution in [1.29, 1.82) is 0 Å². The van der Waals surface area contributed by atoms with Crippen molar-refractivity contribution in [2.24, 2.45) is 0 Å². The lowest BCUT2D eigenvalue weighted by Gasteiger charge is -2.05. The third-order valence-corrected chi connectivity index (χ3v) is 8.46. The molecule has 7 rings (SSSR count). The highest BCUT2D eigenvalue weighted by atomic mass is 32.1. The van der Waals surface area contributed by atoms with E-state index >= 15 is 0 Å². The van der Waals surface area contributed by atoms with Crippen LogP contribution in [0, 0.1) is 0 Å². The first kappa shape index (κ1) is 23.9. The molecule has 0 aliphatic heterocycles. The predicted octanol–water partition coefficient (Wildman–Crippen LogP) is 3.92. The second-order valence-electron chi connectivity index (χ2n) is 8.88.